The van der Waals surface area contributed by atoms with Gasteiger partial charge in [-0.3, -0.25) is 0 Å². The van der Waals surface area contributed by atoms with E-state index in [9.17, 15) is 8.42 Å². The van der Waals surface area contributed by atoms with Crippen LogP contribution in [0.3, 0.4) is 0 Å². The minimum Gasteiger partial charge on any atom is -0.364 e. The summed E-state index contributed by atoms with van der Waals surface area (Å²) in [5, 5.41) is 0. The van der Waals surface area contributed by atoms with Gasteiger partial charge in [-0.05, 0) is 23.6 Å². The molecular weight excluding hydrogens is 372 g/mol. The average molecular weight is 397 g/mol. The molecule has 2 aromatic carbocycles. The number of benzene rings is 2. The van der Waals surface area contributed by atoms with Gasteiger partial charge in [-0.2, -0.15) is 4.31 Å². The van der Waals surface area contributed by atoms with Crippen LogP contribution in [-0.2, 0) is 29.5 Å². The van der Waals surface area contributed by atoms with Crippen molar-refractivity contribution in [3.63, 3.8) is 0 Å². The number of aromatic amines is 1. The number of hydrogen-bond donors (Lipinski definition) is 1. The zero-order valence-corrected chi connectivity index (χ0v) is 16.6. The number of rotatable bonds is 5. The summed E-state index contributed by atoms with van der Waals surface area (Å²) in [4.78, 5) is 9.60. The first kappa shape index (κ1) is 18.7. The van der Waals surface area contributed by atoms with E-state index in [0.717, 1.165) is 22.5 Å². The van der Waals surface area contributed by atoms with Crippen LogP contribution >= 0.6 is 0 Å². The summed E-state index contributed by atoms with van der Waals surface area (Å²) in [6.07, 6.45) is 5.52. The molecule has 0 aliphatic carbocycles. The standard InChI is InChI=1S/C21H24N4O2S/c1-28(26,27)25-13-18-9-5-6-10-21(18)24(14-19-12-22-16-23-19)15-20(25)11-17-7-3-2-4-8-17/h2-10,12,16,20H,11,13-15H2,1H3,(H,22,23). The molecule has 1 aliphatic rings. The van der Waals surface area contributed by atoms with E-state index in [1.54, 1.807) is 10.6 Å². The predicted octanol–water partition coefficient (Wildman–Crippen LogP) is 2.80. The van der Waals surface area contributed by atoms with E-state index in [4.69, 9.17) is 0 Å². The lowest BCUT2D eigenvalue weighted by atomic mass is 10.1. The lowest BCUT2D eigenvalue weighted by molar-refractivity contribution is 0.320. The Labute approximate surface area is 165 Å². The SMILES string of the molecule is CS(=O)(=O)N1Cc2ccccc2N(Cc2c[nH]cn2)CC1Cc1ccccc1. The van der Waals surface area contributed by atoms with Crippen LogP contribution in [0.5, 0.6) is 0 Å². The Balaban J connectivity index is 1.73. The summed E-state index contributed by atoms with van der Waals surface area (Å²) in [5.41, 5.74) is 4.14. The molecule has 2 heterocycles. The highest BCUT2D eigenvalue weighted by molar-refractivity contribution is 7.88. The minimum absolute atomic E-state index is 0.163. The fraction of sp³-hybridized carbons (Fsp3) is 0.286. The van der Waals surface area contributed by atoms with Crippen molar-refractivity contribution < 1.29 is 8.42 Å². The minimum atomic E-state index is -3.36. The number of para-hydroxylation sites is 1. The second-order valence-electron chi connectivity index (χ2n) is 7.22. The number of imidazole rings is 1. The second-order valence-corrected chi connectivity index (χ2v) is 9.16. The molecule has 0 saturated carbocycles. The summed E-state index contributed by atoms with van der Waals surface area (Å²) in [5.74, 6) is 0. The number of hydrogen-bond acceptors (Lipinski definition) is 4. The largest absolute Gasteiger partial charge is 0.364 e. The lowest BCUT2D eigenvalue weighted by Crippen LogP contribution is -2.45. The van der Waals surface area contributed by atoms with Gasteiger partial charge < -0.3 is 9.88 Å². The van der Waals surface area contributed by atoms with E-state index < -0.39 is 10.0 Å². The number of aromatic nitrogens is 2. The Kier molecular flexibility index (Phi) is 5.19. The highest BCUT2D eigenvalue weighted by Gasteiger charge is 2.33. The van der Waals surface area contributed by atoms with Crippen molar-refractivity contribution >= 4 is 15.7 Å². The molecule has 1 aromatic heterocycles. The van der Waals surface area contributed by atoms with Gasteiger partial charge in [0, 0.05) is 31.0 Å². The Hall–Kier alpha value is -2.64. The monoisotopic (exact) mass is 396 g/mol. The van der Waals surface area contributed by atoms with Crippen LogP contribution < -0.4 is 4.90 Å². The number of fused-ring (bicyclic) bond motifs is 1. The Bertz CT molecular complexity index is 1020. The Morgan fingerprint density at radius 1 is 1.11 bits per heavy atom. The van der Waals surface area contributed by atoms with Crippen LogP contribution in [0.2, 0.25) is 0 Å². The maximum Gasteiger partial charge on any atom is 0.211 e. The molecule has 1 N–H and O–H groups in total. The number of anilines is 1. The van der Waals surface area contributed by atoms with Crippen LogP contribution in [0.25, 0.3) is 0 Å². The molecule has 0 amide bonds. The first-order chi connectivity index (χ1) is 13.5. The van der Waals surface area contributed by atoms with Crippen LogP contribution in [0.1, 0.15) is 16.8 Å². The Morgan fingerprint density at radius 2 is 1.86 bits per heavy atom. The molecule has 4 rings (SSSR count). The molecule has 6 nitrogen and oxygen atoms in total. The van der Waals surface area contributed by atoms with E-state index in [1.807, 2.05) is 42.6 Å². The highest BCUT2D eigenvalue weighted by Crippen LogP contribution is 2.30. The molecule has 0 saturated heterocycles. The maximum absolute atomic E-state index is 12.7. The Morgan fingerprint density at radius 3 is 2.57 bits per heavy atom. The molecule has 7 heteroatoms. The van der Waals surface area contributed by atoms with Crippen molar-refractivity contribution in [2.24, 2.45) is 0 Å². The van der Waals surface area contributed by atoms with Gasteiger partial charge in [0.25, 0.3) is 0 Å². The topological polar surface area (TPSA) is 69.3 Å². The van der Waals surface area contributed by atoms with E-state index in [1.165, 1.54) is 6.26 Å². The second kappa shape index (κ2) is 7.77. The smallest absolute Gasteiger partial charge is 0.211 e. The molecule has 0 bridgehead atoms. The third-order valence-electron chi connectivity index (χ3n) is 5.14. The number of nitrogens with zero attached hydrogens (tertiary/aromatic N) is 3. The van der Waals surface area contributed by atoms with Crippen LogP contribution in [0, 0.1) is 0 Å². The molecule has 28 heavy (non-hydrogen) atoms. The van der Waals surface area contributed by atoms with Crippen LogP contribution in [0.4, 0.5) is 5.69 Å². The first-order valence-corrected chi connectivity index (χ1v) is 11.2. The van der Waals surface area contributed by atoms with Crippen LogP contribution in [0.15, 0.2) is 67.1 Å². The van der Waals surface area contributed by atoms with Crippen molar-refractivity contribution in [1.82, 2.24) is 14.3 Å². The molecule has 1 atom stereocenters. The van der Waals surface area contributed by atoms with Crippen molar-refractivity contribution in [2.75, 3.05) is 17.7 Å². The third-order valence-corrected chi connectivity index (χ3v) is 6.42. The quantitative estimate of drug-likeness (QED) is 0.720. The first-order valence-electron chi connectivity index (χ1n) is 9.32. The summed E-state index contributed by atoms with van der Waals surface area (Å²) < 4.78 is 27.0. The fourth-order valence-electron chi connectivity index (χ4n) is 3.86. The molecule has 146 valence electrons. The van der Waals surface area contributed by atoms with Gasteiger partial charge in [-0.15, -0.1) is 0 Å². The molecule has 0 spiro atoms. The molecule has 1 aliphatic heterocycles. The maximum atomic E-state index is 12.7. The van der Waals surface area contributed by atoms with Gasteiger partial charge >= 0.3 is 0 Å². The summed E-state index contributed by atoms with van der Waals surface area (Å²) in [7, 11) is -3.36. The predicted molar refractivity (Wildman–Crippen MR) is 110 cm³/mol. The molecule has 0 fully saturated rings. The van der Waals surface area contributed by atoms with Gasteiger partial charge in [-0.25, -0.2) is 13.4 Å². The summed E-state index contributed by atoms with van der Waals surface area (Å²) in [6.45, 7) is 1.61. The molecule has 1 unspecified atom stereocenters. The third kappa shape index (κ3) is 4.10. The van der Waals surface area contributed by atoms with Gasteiger partial charge in [0.15, 0.2) is 0 Å². The normalized spacial score (nSPS) is 17.9. The zero-order valence-electron chi connectivity index (χ0n) is 15.8. The number of sulfonamides is 1. The molecule has 3 aromatic rings. The van der Waals surface area contributed by atoms with E-state index in [2.05, 4.69) is 33.1 Å². The summed E-state index contributed by atoms with van der Waals surface area (Å²) >= 11 is 0. The van der Waals surface area contributed by atoms with E-state index >= 15 is 0 Å². The lowest BCUT2D eigenvalue weighted by Gasteiger charge is -2.31. The van der Waals surface area contributed by atoms with E-state index in [0.29, 0.717) is 26.1 Å². The molecular formula is C21H24N4O2S. The average Bonchev–Trinajstić information content (AvgIpc) is 3.13. The zero-order chi connectivity index (χ0) is 19.6. The van der Waals surface area contributed by atoms with Crippen molar-refractivity contribution in [3.8, 4) is 0 Å². The number of nitrogens with one attached hydrogen (secondary N) is 1. The van der Waals surface area contributed by atoms with Gasteiger partial charge in [0.1, 0.15) is 0 Å². The fourth-order valence-corrected chi connectivity index (χ4v) is 4.91. The highest BCUT2D eigenvalue weighted by atomic mass is 32.2. The van der Waals surface area contributed by atoms with E-state index in [-0.39, 0.29) is 6.04 Å². The van der Waals surface area contributed by atoms with Crippen molar-refractivity contribution in [3.05, 3.63) is 83.9 Å². The van der Waals surface area contributed by atoms with Gasteiger partial charge in [-0.1, -0.05) is 48.5 Å². The summed E-state index contributed by atoms with van der Waals surface area (Å²) in [6, 6.07) is 17.9. The number of H-pyrrole nitrogens is 1. The van der Waals surface area contributed by atoms with Gasteiger partial charge in [0.2, 0.25) is 10.0 Å². The van der Waals surface area contributed by atoms with Crippen molar-refractivity contribution in [1.29, 1.82) is 0 Å². The molecule has 0 radical (unpaired) electrons. The van der Waals surface area contributed by atoms with Crippen LogP contribution in [-0.4, -0.2) is 41.5 Å². The van der Waals surface area contributed by atoms with Crippen molar-refractivity contribution in [2.45, 2.75) is 25.6 Å². The van der Waals surface area contributed by atoms with Gasteiger partial charge in [0.05, 0.1) is 24.8 Å².